The second kappa shape index (κ2) is 11.2. The van der Waals surface area contributed by atoms with Crippen LogP contribution in [0.25, 0.3) is 11.1 Å². The third-order valence-corrected chi connectivity index (χ3v) is 6.97. The van der Waals surface area contributed by atoms with E-state index in [4.69, 9.17) is 9.47 Å². The van der Waals surface area contributed by atoms with Gasteiger partial charge >= 0.3 is 0 Å². The van der Waals surface area contributed by atoms with Gasteiger partial charge < -0.3 is 18.9 Å². The van der Waals surface area contributed by atoms with Crippen LogP contribution in [0.1, 0.15) is 35.3 Å². The van der Waals surface area contributed by atoms with Crippen LogP contribution in [0.3, 0.4) is 0 Å². The molecule has 0 saturated carbocycles. The molecule has 2 fully saturated rings. The van der Waals surface area contributed by atoms with Crippen molar-refractivity contribution in [3.63, 3.8) is 0 Å². The molecule has 0 N–H and O–H groups in total. The molecule has 0 aliphatic carbocycles. The molecule has 1 aromatic heterocycles. The van der Waals surface area contributed by atoms with Crippen LogP contribution in [0.15, 0.2) is 55.0 Å². The molecule has 5 rings (SSSR count). The molecule has 3 aromatic rings. The monoisotopic (exact) mass is 492 g/mol. The van der Waals surface area contributed by atoms with Crippen LogP contribution >= 0.6 is 0 Å². The van der Waals surface area contributed by atoms with Gasteiger partial charge in [0, 0.05) is 51.2 Å². The van der Waals surface area contributed by atoms with E-state index in [1.165, 1.54) is 12.5 Å². The van der Waals surface area contributed by atoms with E-state index in [0.717, 1.165) is 49.4 Å². The Hall–Kier alpha value is -3.23. The summed E-state index contributed by atoms with van der Waals surface area (Å²) in [7, 11) is 1.84. The number of nitrogens with zero attached hydrogens (tertiary/aromatic N) is 4. The minimum absolute atomic E-state index is 0.0462. The van der Waals surface area contributed by atoms with Crippen molar-refractivity contribution in [3.05, 3.63) is 72.1 Å². The first-order chi connectivity index (χ1) is 17.6. The average Bonchev–Trinajstić information content (AvgIpc) is 3.31. The number of rotatable bonds is 9. The summed E-state index contributed by atoms with van der Waals surface area (Å²) in [4.78, 5) is 21.9. The quantitative estimate of drug-likeness (QED) is 0.450. The molecule has 0 radical (unpaired) electrons. The van der Waals surface area contributed by atoms with E-state index < -0.39 is 0 Å². The number of ether oxygens (including phenoxy) is 2. The second-order valence-electron chi connectivity index (χ2n) is 9.59. The van der Waals surface area contributed by atoms with Gasteiger partial charge in [-0.25, -0.2) is 9.37 Å². The molecule has 2 aromatic carbocycles. The fourth-order valence-corrected chi connectivity index (χ4v) is 4.77. The summed E-state index contributed by atoms with van der Waals surface area (Å²) >= 11 is 0. The lowest BCUT2D eigenvalue weighted by molar-refractivity contribution is 0.0264. The Morgan fingerprint density at radius 2 is 2.03 bits per heavy atom. The van der Waals surface area contributed by atoms with Crippen LogP contribution < -0.4 is 4.74 Å². The van der Waals surface area contributed by atoms with Crippen LogP contribution in [-0.2, 0) is 18.3 Å². The molecule has 0 atom stereocenters. The van der Waals surface area contributed by atoms with Gasteiger partial charge in [-0.2, -0.15) is 0 Å². The Kier molecular flexibility index (Phi) is 7.63. The SMILES string of the molecule is Cn1cnc(C(=O)N(Cc2ccc(F)c(-c3cccc(OCCN4CCC4)c3)c2)C2CCOCC2)c1. The van der Waals surface area contributed by atoms with E-state index in [1.54, 1.807) is 23.2 Å². The normalized spacial score (nSPS) is 16.5. The van der Waals surface area contributed by atoms with E-state index >= 15 is 0 Å². The highest BCUT2D eigenvalue weighted by molar-refractivity contribution is 5.92. The van der Waals surface area contributed by atoms with Crippen LogP contribution in [0.4, 0.5) is 4.39 Å². The molecule has 0 spiro atoms. The Morgan fingerprint density at radius 3 is 2.75 bits per heavy atom. The number of imidazole rings is 1. The van der Waals surface area contributed by atoms with Crippen molar-refractivity contribution < 1.29 is 18.7 Å². The van der Waals surface area contributed by atoms with Gasteiger partial charge in [0.25, 0.3) is 5.91 Å². The lowest BCUT2D eigenvalue weighted by atomic mass is 10.0. The Bertz CT molecular complexity index is 1190. The van der Waals surface area contributed by atoms with Crippen molar-refractivity contribution in [2.45, 2.75) is 31.8 Å². The van der Waals surface area contributed by atoms with Crippen molar-refractivity contribution in [2.24, 2.45) is 7.05 Å². The smallest absolute Gasteiger partial charge is 0.274 e. The molecule has 2 aliphatic rings. The molecule has 3 heterocycles. The van der Waals surface area contributed by atoms with Crippen molar-refractivity contribution in [1.29, 1.82) is 0 Å². The first-order valence-corrected chi connectivity index (χ1v) is 12.7. The minimum atomic E-state index is -0.301. The van der Waals surface area contributed by atoms with Crippen molar-refractivity contribution in [2.75, 3.05) is 39.5 Å². The summed E-state index contributed by atoms with van der Waals surface area (Å²) in [6.45, 7) is 5.40. The number of hydrogen-bond acceptors (Lipinski definition) is 5. The van der Waals surface area contributed by atoms with Crippen LogP contribution in [0.5, 0.6) is 5.75 Å². The zero-order chi connectivity index (χ0) is 24.9. The molecule has 0 unspecified atom stereocenters. The zero-order valence-electron chi connectivity index (χ0n) is 20.7. The van der Waals surface area contributed by atoms with Crippen LogP contribution in [0, 0.1) is 5.82 Å². The lowest BCUT2D eigenvalue weighted by Crippen LogP contribution is -2.43. The number of carbonyl (C=O) groups is 1. The largest absolute Gasteiger partial charge is 0.492 e. The molecule has 36 heavy (non-hydrogen) atoms. The fraction of sp³-hybridized carbons (Fsp3) is 0.429. The maximum absolute atomic E-state index is 15.0. The summed E-state index contributed by atoms with van der Waals surface area (Å²) < 4.78 is 28.2. The summed E-state index contributed by atoms with van der Waals surface area (Å²) in [6, 6.07) is 12.7. The molecule has 2 aliphatic heterocycles. The summed E-state index contributed by atoms with van der Waals surface area (Å²) in [5.74, 6) is 0.308. The predicted octanol–water partition coefficient (Wildman–Crippen LogP) is 4.13. The van der Waals surface area contributed by atoms with Gasteiger partial charge in [-0.3, -0.25) is 9.69 Å². The molecule has 8 heteroatoms. The molecular weight excluding hydrogens is 459 g/mol. The van der Waals surface area contributed by atoms with Crippen molar-refractivity contribution in [3.8, 4) is 16.9 Å². The topological polar surface area (TPSA) is 59.8 Å². The summed E-state index contributed by atoms with van der Waals surface area (Å²) in [6.07, 6.45) is 6.15. The molecule has 7 nitrogen and oxygen atoms in total. The van der Waals surface area contributed by atoms with E-state index in [0.29, 0.717) is 37.6 Å². The maximum Gasteiger partial charge on any atom is 0.274 e. The molecule has 0 bridgehead atoms. The Balaban J connectivity index is 1.35. The van der Waals surface area contributed by atoms with Crippen LogP contribution in [0.2, 0.25) is 0 Å². The summed E-state index contributed by atoms with van der Waals surface area (Å²) in [5.41, 5.74) is 2.53. The number of amides is 1. The number of aromatic nitrogens is 2. The average molecular weight is 493 g/mol. The molecule has 2 saturated heterocycles. The first kappa shape index (κ1) is 24.5. The van der Waals surface area contributed by atoms with Crippen molar-refractivity contribution >= 4 is 5.91 Å². The van der Waals surface area contributed by atoms with Gasteiger partial charge in [-0.05, 0) is 67.7 Å². The highest BCUT2D eigenvalue weighted by atomic mass is 19.1. The van der Waals surface area contributed by atoms with E-state index in [9.17, 15) is 9.18 Å². The molecular formula is C28H33FN4O3. The predicted molar refractivity (Wildman–Crippen MR) is 135 cm³/mol. The maximum atomic E-state index is 15.0. The highest BCUT2D eigenvalue weighted by Gasteiger charge is 2.28. The van der Waals surface area contributed by atoms with E-state index in [-0.39, 0.29) is 17.8 Å². The second-order valence-corrected chi connectivity index (χ2v) is 9.59. The van der Waals surface area contributed by atoms with E-state index in [1.807, 2.05) is 42.3 Å². The Labute approximate surface area is 211 Å². The number of benzene rings is 2. The molecule has 1 amide bonds. The minimum Gasteiger partial charge on any atom is -0.492 e. The van der Waals surface area contributed by atoms with Crippen LogP contribution in [-0.4, -0.2) is 70.8 Å². The number of likely N-dealkylation sites (tertiary alicyclic amines) is 1. The van der Waals surface area contributed by atoms with Crippen molar-refractivity contribution in [1.82, 2.24) is 19.4 Å². The highest BCUT2D eigenvalue weighted by Crippen LogP contribution is 2.29. The number of halogens is 1. The fourth-order valence-electron chi connectivity index (χ4n) is 4.77. The van der Waals surface area contributed by atoms with Gasteiger partial charge in [0.05, 0.1) is 6.33 Å². The Morgan fingerprint density at radius 1 is 1.19 bits per heavy atom. The van der Waals surface area contributed by atoms with Gasteiger partial charge in [-0.1, -0.05) is 18.2 Å². The third-order valence-electron chi connectivity index (χ3n) is 6.97. The zero-order valence-corrected chi connectivity index (χ0v) is 20.7. The summed E-state index contributed by atoms with van der Waals surface area (Å²) in [5, 5.41) is 0. The van der Waals surface area contributed by atoms with Gasteiger partial charge in [-0.15, -0.1) is 0 Å². The number of carbonyl (C=O) groups excluding carboxylic acids is 1. The first-order valence-electron chi connectivity index (χ1n) is 12.7. The number of aryl methyl sites for hydroxylation is 1. The standard InChI is InChI=1S/C28H33FN4O3/c1-31-19-27(30-20-31)28(34)33(23-8-13-35-14-9-23)18-21-6-7-26(29)25(16-21)22-4-2-5-24(17-22)36-15-12-32-10-3-11-32/h2,4-7,16-17,19-20,23H,3,8-15,18H2,1H3. The molecule has 190 valence electrons. The van der Waals surface area contributed by atoms with Gasteiger partial charge in [0.15, 0.2) is 0 Å². The van der Waals surface area contributed by atoms with Gasteiger partial charge in [0.2, 0.25) is 0 Å². The lowest BCUT2D eigenvalue weighted by Gasteiger charge is -2.34. The van der Waals surface area contributed by atoms with E-state index in [2.05, 4.69) is 9.88 Å². The number of hydrogen-bond donors (Lipinski definition) is 0. The third kappa shape index (κ3) is 5.77. The van der Waals surface area contributed by atoms with Gasteiger partial charge in [0.1, 0.15) is 23.9 Å².